The van der Waals surface area contributed by atoms with Crippen molar-refractivity contribution in [3.63, 3.8) is 0 Å². The van der Waals surface area contributed by atoms with Gasteiger partial charge in [-0.1, -0.05) is 6.92 Å². The summed E-state index contributed by atoms with van der Waals surface area (Å²) in [5.74, 6) is 1.37. The highest BCUT2D eigenvalue weighted by atomic mass is 16.2. The molecule has 1 amide bonds. The molecule has 0 saturated carbocycles. The van der Waals surface area contributed by atoms with Gasteiger partial charge in [-0.05, 0) is 25.8 Å². The Labute approximate surface area is 126 Å². The number of piperidine rings is 1. The van der Waals surface area contributed by atoms with Gasteiger partial charge in [0, 0.05) is 56.8 Å². The number of likely N-dealkylation sites (tertiary alicyclic amines) is 1. The van der Waals surface area contributed by atoms with Crippen molar-refractivity contribution in [1.82, 2.24) is 19.8 Å². The Balaban J connectivity index is 1.55. The molecule has 2 aliphatic heterocycles. The molecule has 3 rings (SSSR count). The summed E-state index contributed by atoms with van der Waals surface area (Å²) in [7, 11) is 0. The highest BCUT2D eigenvalue weighted by molar-refractivity contribution is 5.76. The van der Waals surface area contributed by atoms with Crippen LogP contribution in [0.3, 0.4) is 0 Å². The average molecular weight is 290 g/mol. The molecule has 0 aliphatic carbocycles. The van der Waals surface area contributed by atoms with E-state index >= 15 is 0 Å². The molecule has 0 radical (unpaired) electrons. The minimum absolute atomic E-state index is 0.303. The highest BCUT2D eigenvalue weighted by Gasteiger charge is 2.39. The third kappa shape index (κ3) is 3.12. The van der Waals surface area contributed by atoms with Crippen LogP contribution in [0, 0.1) is 5.41 Å². The topological polar surface area (TPSA) is 50.2 Å². The van der Waals surface area contributed by atoms with Gasteiger partial charge in [0.25, 0.3) is 0 Å². The van der Waals surface area contributed by atoms with Gasteiger partial charge < -0.3 is 14.8 Å². The monoisotopic (exact) mass is 290 g/mol. The van der Waals surface area contributed by atoms with Crippen molar-refractivity contribution in [3.05, 3.63) is 18.2 Å². The number of aryl methyl sites for hydroxylation is 2. The highest BCUT2D eigenvalue weighted by Crippen LogP contribution is 2.35. The smallest absolute Gasteiger partial charge is 0.224 e. The molecule has 1 N–H and O–H groups in total. The Hall–Kier alpha value is -1.36. The minimum Gasteiger partial charge on any atom is -0.342 e. The van der Waals surface area contributed by atoms with Crippen LogP contribution in [-0.4, -0.2) is 46.5 Å². The molecule has 0 bridgehead atoms. The van der Waals surface area contributed by atoms with Gasteiger partial charge in [-0.3, -0.25) is 4.79 Å². The molecular formula is C16H26N4O. The van der Waals surface area contributed by atoms with Gasteiger partial charge in [-0.2, -0.15) is 0 Å². The lowest BCUT2D eigenvalue weighted by Crippen LogP contribution is -2.47. The van der Waals surface area contributed by atoms with E-state index in [1.54, 1.807) is 0 Å². The van der Waals surface area contributed by atoms with Crippen LogP contribution in [0.2, 0.25) is 0 Å². The second-order valence-electron chi connectivity index (χ2n) is 6.49. The molecule has 5 heteroatoms. The van der Waals surface area contributed by atoms with E-state index in [9.17, 15) is 4.79 Å². The fourth-order valence-corrected chi connectivity index (χ4v) is 3.80. The molecule has 116 valence electrons. The van der Waals surface area contributed by atoms with Crippen molar-refractivity contribution < 1.29 is 4.79 Å². The van der Waals surface area contributed by atoms with E-state index in [-0.39, 0.29) is 0 Å². The predicted octanol–water partition coefficient (Wildman–Crippen LogP) is 1.44. The zero-order valence-corrected chi connectivity index (χ0v) is 13.0. The minimum atomic E-state index is 0.303. The fourth-order valence-electron chi connectivity index (χ4n) is 3.80. The second-order valence-corrected chi connectivity index (χ2v) is 6.49. The normalized spacial score (nSPS) is 25.7. The van der Waals surface area contributed by atoms with E-state index in [2.05, 4.69) is 26.7 Å². The molecule has 21 heavy (non-hydrogen) atoms. The van der Waals surface area contributed by atoms with Crippen LogP contribution >= 0.6 is 0 Å². The van der Waals surface area contributed by atoms with Crippen molar-refractivity contribution in [2.75, 3.05) is 26.2 Å². The third-order valence-corrected chi connectivity index (χ3v) is 5.03. The van der Waals surface area contributed by atoms with E-state index in [4.69, 9.17) is 0 Å². The molecule has 1 spiro atoms. The predicted molar refractivity (Wildman–Crippen MR) is 82.0 cm³/mol. The maximum absolute atomic E-state index is 12.5. The number of nitrogens with one attached hydrogen (secondary N) is 1. The summed E-state index contributed by atoms with van der Waals surface area (Å²) in [6.45, 7) is 6.93. The van der Waals surface area contributed by atoms with Crippen molar-refractivity contribution in [2.45, 2.75) is 45.6 Å². The number of rotatable bonds is 4. The first kappa shape index (κ1) is 14.6. The molecule has 5 nitrogen and oxygen atoms in total. The summed E-state index contributed by atoms with van der Waals surface area (Å²) in [4.78, 5) is 18.9. The molecule has 1 atom stereocenters. The molecule has 1 aromatic rings. The van der Waals surface area contributed by atoms with E-state index in [1.165, 1.54) is 12.8 Å². The van der Waals surface area contributed by atoms with Crippen LogP contribution in [0.15, 0.2) is 12.4 Å². The molecule has 0 aromatic carbocycles. The second kappa shape index (κ2) is 6.18. The van der Waals surface area contributed by atoms with Crippen molar-refractivity contribution in [2.24, 2.45) is 5.41 Å². The number of carbonyl (C=O) groups is 1. The first-order valence-electron chi connectivity index (χ1n) is 8.21. The van der Waals surface area contributed by atoms with Gasteiger partial charge in [-0.25, -0.2) is 4.98 Å². The van der Waals surface area contributed by atoms with E-state index < -0.39 is 0 Å². The Morgan fingerprint density at radius 1 is 1.48 bits per heavy atom. The molecular weight excluding hydrogens is 264 g/mol. The van der Waals surface area contributed by atoms with E-state index in [0.717, 1.165) is 51.4 Å². The quantitative estimate of drug-likeness (QED) is 0.913. The van der Waals surface area contributed by atoms with Crippen LogP contribution in [0.4, 0.5) is 0 Å². The molecule has 2 saturated heterocycles. The van der Waals surface area contributed by atoms with Gasteiger partial charge in [0.05, 0.1) is 0 Å². The lowest BCUT2D eigenvalue weighted by atomic mass is 9.79. The van der Waals surface area contributed by atoms with E-state index in [1.807, 2.05) is 12.4 Å². The SMILES string of the molecule is CCc1nccn1CCC(=O)N1CCCC2(CCNC2)C1. The summed E-state index contributed by atoms with van der Waals surface area (Å²) in [5, 5.41) is 3.46. The van der Waals surface area contributed by atoms with Gasteiger partial charge in [0.2, 0.25) is 5.91 Å². The maximum Gasteiger partial charge on any atom is 0.224 e. The number of carbonyl (C=O) groups excluding carboxylic acids is 1. The van der Waals surface area contributed by atoms with Gasteiger partial charge >= 0.3 is 0 Å². The Bertz CT molecular complexity index is 490. The van der Waals surface area contributed by atoms with Crippen LogP contribution in [0.25, 0.3) is 0 Å². The molecule has 1 unspecified atom stereocenters. The standard InChI is InChI=1S/C16H26N4O/c1-2-14-18-8-11-19(14)10-4-15(21)20-9-3-5-16(13-20)6-7-17-12-16/h8,11,17H,2-7,9-10,12-13H2,1H3. The lowest BCUT2D eigenvalue weighted by molar-refractivity contribution is -0.134. The Kier molecular flexibility index (Phi) is 4.29. The third-order valence-electron chi connectivity index (χ3n) is 5.03. The first-order valence-corrected chi connectivity index (χ1v) is 8.21. The molecule has 3 heterocycles. The Morgan fingerprint density at radius 2 is 2.38 bits per heavy atom. The van der Waals surface area contributed by atoms with Crippen molar-refractivity contribution in [1.29, 1.82) is 0 Å². The zero-order valence-electron chi connectivity index (χ0n) is 13.0. The van der Waals surface area contributed by atoms with Crippen molar-refractivity contribution in [3.8, 4) is 0 Å². The number of hydrogen-bond acceptors (Lipinski definition) is 3. The van der Waals surface area contributed by atoms with Crippen LogP contribution in [0.5, 0.6) is 0 Å². The summed E-state index contributed by atoms with van der Waals surface area (Å²) in [6, 6.07) is 0. The van der Waals surface area contributed by atoms with Gasteiger partial charge in [-0.15, -0.1) is 0 Å². The summed E-state index contributed by atoms with van der Waals surface area (Å²) in [5.41, 5.74) is 0.359. The zero-order chi connectivity index (χ0) is 14.7. The van der Waals surface area contributed by atoms with Crippen LogP contribution in [-0.2, 0) is 17.8 Å². The maximum atomic E-state index is 12.5. The number of hydrogen-bond donors (Lipinski definition) is 1. The van der Waals surface area contributed by atoms with Gasteiger partial charge in [0.15, 0.2) is 0 Å². The molecule has 2 aliphatic rings. The summed E-state index contributed by atoms with van der Waals surface area (Å²) in [6.07, 6.45) is 8.95. The number of aromatic nitrogens is 2. The van der Waals surface area contributed by atoms with Crippen molar-refractivity contribution >= 4 is 5.91 Å². The summed E-state index contributed by atoms with van der Waals surface area (Å²) >= 11 is 0. The number of amides is 1. The number of imidazole rings is 1. The van der Waals surface area contributed by atoms with E-state index in [0.29, 0.717) is 17.7 Å². The molecule has 1 aromatic heterocycles. The molecule has 2 fully saturated rings. The lowest BCUT2D eigenvalue weighted by Gasteiger charge is -2.40. The van der Waals surface area contributed by atoms with Crippen LogP contribution < -0.4 is 5.32 Å². The summed E-state index contributed by atoms with van der Waals surface area (Å²) < 4.78 is 2.11. The fraction of sp³-hybridized carbons (Fsp3) is 0.750. The van der Waals surface area contributed by atoms with Crippen LogP contribution in [0.1, 0.15) is 38.4 Å². The average Bonchev–Trinajstić information content (AvgIpc) is 3.14. The van der Waals surface area contributed by atoms with Gasteiger partial charge in [0.1, 0.15) is 5.82 Å². The number of nitrogens with zero attached hydrogens (tertiary/aromatic N) is 3. The largest absolute Gasteiger partial charge is 0.342 e. The first-order chi connectivity index (χ1) is 10.2. The Morgan fingerprint density at radius 3 is 3.14 bits per heavy atom.